The normalized spacial score (nSPS) is 10.9. The second kappa shape index (κ2) is 9.14. The van der Waals surface area contributed by atoms with E-state index in [9.17, 15) is 4.79 Å². The minimum absolute atomic E-state index is 0.0198. The van der Waals surface area contributed by atoms with E-state index in [1.54, 1.807) is 4.68 Å². The van der Waals surface area contributed by atoms with Crippen molar-refractivity contribution in [1.82, 2.24) is 20.0 Å². The van der Waals surface area contributed by atoms with Crippen LogP contribution >= 0.6 is 0 Å². The lowest BCUT2D eigenvalue weighted by atomic mass is 10.0. The van der Waals surface area contributed by atoms with Crippen molar-refractivity contribution in [3.8, 4) is 22.4 Å². The van der Waals surface area contributed by atoms with E-state index in [2.05, 4.69) is 39.6 Å². The van der Waals surface area contributed by atoms with Gasteiger partial charge in [0, 0.05) is 17.7 Å². The zero-order valence-electron chi connectivity index (χ0n) is 15.9. The first-order valence-electron chi connectivity index (χ1n) is 9.23. The van der Waals surface area contributed by atoms with Crippen LogP contribution in [0.5, 0.6) is 0 Å². The average molecular weight is 362 g/mol. The molecule has 5 heteroatoms. The first-order chi connectivity index (χ1) is 13.1. The van der Waals surface area contributed by atoms with Crippen molar-refractivity contribution in [1.29, 1.82) is 0 Å². The quantitative estimate of drug-likeness (QED) is 0.626. The Morgan fingerprint density at radius 3 is 2.26 bits per heavy atom. The van der Waals surface area contributed by atoms with Crippen LogP contribution in [0.15, 0.2) is 66.9 Å². The number of amides is 1. The largest absolute Gasteiger partial charge is 0.354 e. The van der Waals surface area contributed by atoms with Gasteiger partial charge in [-0.3, -0.25) is 9.48 Å². The number of carbonyl (C=O) groups is 1. The van der Waals surface area contributed by atoms with E-state index < -0.39 is 0 Å². The number of rotatable bonds is 8. The number of hydrogen-bond donors (Lipinski definition) is 1. The molecule has 5 nitrogen and oxygen atoms in total. The van der Waals surface area contributed by atoms with E-state index >= 15 is 0 Å². The maximum Gasteiger partial charge on any atom is 0.241 e. The molecule has 0 fully saturated rings. The van der Waals surface area contributed by atoms with Crippen LogP contribution in [0.2, 0.25) is 0 Å². The predicted molar refractivity (Wildman–Crippen MR) is 109 cm³/mol. The third kappa shape index (κ3) is 5.05. The van der Waals surface area contributed by atoms with Crippen molar-refractivity contribution in [3.05, 3.63) is 66.9 Å². The van der Waals surface area contributed by atoms with Gasteiger partial charge in [0.1, 0.15) is 6.54 Å². The molecule has 1 N–H and O–H groups in total. The molecule has 0 spiro atoms. The molecule has 1 aromatic heterocycles. The molecule has 0 aliphatic carbocycles. The smallest absolute Gasteiger partial charge is 0.241 e. The van der Waals surface area contributed by atoms with Crippen LogP contribution in [-0.2, 0) is 11.3 Å². The zero-order valence-corrected chi connectivity index (χ0v) is 15.9. The lowest BCUT2D eigenvalue weighted by molar-refractivity contribution is -0.121. The second-order valence-corrected chi connectivity index (χ2v) is 6.80. The predicted octanol–water partition coefficient (Wildman–Crippen LogP) is 3.29. The molecule has 3 rings (SSSR count). The molecular formula is C22H26N4O. The minimum Gasteiger partial charge on any atom is -0.354 e. The van der Waals surface area contributed by atoms with Crippen molar-refractivity contribution < 1.29 is 4.79 Å². The van der Waals surface area contributed by atoms with Crippen LogP contribution in [-0.4, -0.2) is 47.8 Å². The van der Waals surface area contributed by atoms with E-state index in [-0.39, 0.29) is 12.5 Å². The number of nitrogens with one attached hydrogen (secondary N) is 1. The standard InChI is InChI=1S/C22H26N4O/c1-25(2)15-9-14-23-21(27)17-26-22(19-12-7-4-8-13-19)20(16-24-26)18-10-5-3-6-11-18/h3-8,10-13,16H,9,14-15,17H2,1-2H3,(H,23,27). The summed E-state index contributed by atoms with van der Waals surface area (Å²) < 4.78 is 1.79. The summed E-state index contributed by atoms with van der Waals surface area (Å²) in [7, 11) is 4.06. The van der Waals surface area contributed by atoms with Crippen LogP contribution in [0, 0.1) is 0 Å². The zero-order chi connectivity index (χ0) is 19.1. The summed E-state index contributed by atoms with van der Waals surface area (Å²) in [5.74, 6) is -0.0198. The monoisotopic (exact) mass is 362 g/mol. The highest BCUT2D eigenvalue weighted by Crippen LogP contribution is 2.31. The van der Waals surface area contributed by atoms with E-state index in [0.29, 0.717) is 6.54 Å². The summed E-state index contributed by atoms with van der Waals surface area (Å²) in [6.45, 7) is 1.83. The molecule has 140 valence electrons. The molecule has 0 saturated heterocycles. The van der Waals surface area contributed by atoms with Gasteiger partial charge in [0.2, 0.25) is 5.91 Å². The third-order valence-electron chi connectivity index (χ3n) is 4.37. The van der Waals surface area contributed by atoms with Crippen molar-refractivity contribution in [3.63, 3.8) is 0 Å². The highest BCUT2D eigenvalue weighted by Gasteiger charge is 2.16. The van der Waals surface area contributed by atoms with Crippen LogP contribution in [0.1, 0.15) is 6.42 Å². The van der Waals surface area contributed by atoms with Crippen molar-refractivity contribution in [2.75, 3.05) is 27.2 Å². The Hall–Kier alpha value is -2.92. The van der Waals surface area contributed by atoms with Crippen LogP contribution in [0.25, 0.3) is 22.4 Å². The lowest BCUT2D eigenvalue weighted by Gasteiger charge is -2.12. The topological polar surface area (TPSA) is 50.2 Å². The Labute approximate surface area is 160 Å². The molecule has 27 heavy (non-hydrogen) atoms. The molecule has 0 radical (unpaired) electrons. The fourth-order valence-corrected chi connectivity index (χ4v) is 3.05. The summed E-state index contributed by atoms with van der Waals surface area (Å²) in [5, 5.41) is 7.50. The van der Waals surface area contributed by atoms with Crippen molar-refractivity contribution in [2.45, 2.75) is 13.0 Å². The molecule has 3 aromatic rings. The molecule has 0 unspecified atom stereocenters. The summed E-state index contributed by atoms with van der Waals surface area (Å²) in [6, 6.07) is 20.2. The lowest BCUT2D eigenvalue weighted by Crippen LogP contribution is -2.30. The van der Waals surface area contributed by atoms with Gasteiger partial charge in [-0.05, 0) is 32.6 Å². The highest BCUT2D eigenvalue weighted by atomic mass is 16.2. The molecule has 0 aliphatic rings. The summed E-state index contributed by atoms with van der Waals surface area (Å²) in [6.07, 6.45) is 2.77. The third-order valence-corrected chi connectivity index (χ3v) is 4.37. The van der Waals surface area contributed by atoms with E-state index in [0.717, 1.165) is 35.3 Å². The van der Waals surface area contributed by atoms with Crippen LogP contribution in [0.4, 0.5) is 0 Å². The van der Waals surface area contributed by atoms with Gasteiger partial charge in [0.15, 0.2) is 0 Å². The van der Waals surface area contributed by atoms with E-state index in [4.69, 9.17) is 0 Å². The Kier molecular flexibility index (Phi) is 6.39. The van der Waals surface area contributed by atoms with Gasteiger partial charge < -0.3 is 10.2 Å². The molecule has 0 saturated carbocycles. The molecule has 1 heterocycles. The van der Waals surface area contributed by atoms with Gasteiger partial charge in [-0.15, -0.1) is 0 Å². The summed E-state index contributed by atoms with van der Waals surface area (Å²) >= 11 is 0. The molecule has 2 aromatic carbocycles. The number of carbonyl (C=O) groups excluding carboxylic acids is 1. The average Bonchev–Trinajstić information content (AvgIpc) is 3.10. The number of benzene rings is 2. The second-order valence-electron chi connectivity index (χ2n) is 6.80. The Morgan fingerprint density at radius 2 is 1.63 bits per heavy atom. The first-order valence-corrected chi connectivity index (χ1v) is 9.23. The Bertz CT molecular complexity index is 857. The Balaban J connectivity index is 1.81. The van der Waals surface area contributed by atoms with E-state index in [1.165, 1.54) is 0 Å². The maximum atomic E-state index is 12.4. The molecule has 0 atom stereocenters. The number of aromatic nitrogens is 2. The highest BCUT2D eigenvalue weighted by molar-refractivity contribution is 5.82. The number of nitrogens with zero attached hydrogens (tertiary/aromatic N) is 3. The first kappa shape index (κ1) is 18.9. The van der Waals surface area contributed by atoms with Gasteiger partial charge in [0.05, 0.1) is 11.9 Å². The molecule has 0 bridgehead atoms. The minimum atomic E-state index is -0.0198. The van der Waals surface area contributed by atoms with Crippen molar-refractivity contribution in [2.24, 2.45) is 0 Å². The van der Waals surface area contributed by atoms with Gasteiger partial charge in [-0.2, -0.15) is 5.10 Å². The SMILES string of the molecule is CN(C)CCCNC(=O)Cn1ncc(-c2ccccc2)c1-c1ccccc1. The van der Waals surface area contributed by atoms with Gasteiger partial charge in [0.25, 0.3) is 0 Å². The van der Waals surface area contributed by atoms with Gasteiger partial charge >= 0.3 is 0 Å². The fraction of sp³-hybridized carbons (Fsp3) is 0.273. The van der Waals surface area contributed by atoms with Crippen LogP contribution in [0.3, 0.4) is 0 Å². The molecular weight excluding hydrogens is 336 g/mol. The van der Waals surface area contributed by atoms with Gasteiger partial charge in [-0.25, -0.2) is 0 Å². The molecule has 0 aliphatic heterocycles. The number of hydrogen-bond acceptors (Lipinski definition) is 3. The maximum absolute atomic E-state index is 12.4. The summed E-state index contributed by atoms with van der Waals surface area (Å²) in [4.78, 5) is 14.5. The fourth-order valence-electron chi connectivity index (χ4n) is 3.05. The summed E-state index contributed by atoms with van der Waals surface area (Å²) in [5.41, 5.74) is 4.13. The Morgan fingerprint density at radius 1 is 1.00 bits per heavy atom. The van der Waals surface area contributed by atoms with Crippen molar-refractivity contribution >= 4 is 5.91 Å². The molecule has 1 amide bonds. The van der Waals surface area contributed by atoms with Crippen LogP contribution < -0.4 is 5.32 Å². The van der Waals surface area contributed by atoms with E-state index in [1.807, 2.05) is 56.7 Å². The van der Waals surface area contributed by atoms with Gasteiger partial charge in [-0.1, -0.05) is 60.7 Å².